The number of nitrogens with zero attached hydrogens (tertiary/aromatic N) is 9. The number of hydrogen-bond donors (Lipinski definition) is 10. The van der Waals surface area contributed by atoms with E-state index < -0.39 is 5.60 Å². The summed E-state index contributed by atoms with van der Waals surface area (Å²) in [6, 6.07) is 36.6. The molecule has 6 aromatic carbocycles. The van der Waals surface area contributed by atoms with Crippen LogP contribution in [0.4, 0.5) is 34.9 Å². The van der Waals surface area contributed by atoms with Gasteiger partial charge in [0, 0.05) is 110 Å². The van der Waals surface area contributed by atoms with Crippen LogP contribution in [0.2, 0.25) is 0 Å². The zero-order valence-electron chi connectivity index (χ0n) is 68.6. The van der Waals surface area contributed by atoms with E-state index in [9.17, 15) is 29.1 Å². The van der Waals surface area contributed by atoms with E-state index >= 15 is 0 Å². The normalized spacial score (nSPS) is 16.8. The molecule has 10 heterocycles. The number of oxazole rings is 1. The van der Waals surface area contributed by atoms with Crippen molar-refractivity contribution in [2.45, 2.75) is 122 Å². The predicted octanol–water partition coefficient (Wildman–Crippen LogP) is 13.9. The van der Waals surface area contributed by atoms with Crippen LogP contribution in [0, 0.1) is 6.92 Å². The monoisotopic (exact) mass is 1640 g/mol. The molecule has 0 unspecified atom stereocenters. The fourth-order valence-corrected chi connectivity index (χ4v) is 14.9. The lowest BCUT2D eigenvalue weighted by Gasteiger charge is -2.33. The van der Waals surface area contributed by atoms with Crippen LogP contribution in [0.1, 0.15) is 137 Å². The van der Waals surface area contributed by atoms with Crippen molar-refractivity contribution in [3.05, 3.63) is 174 Å². The highest BCUT2D eigenvalue weighted by Crippen LogP contribution is 2.43. The first kappa shape index (κ1) is 80.9. The molecule has 7 aromatic heterocycles. The Kier molecular flexibility index (Phi) is 23.1. The van der Waals surface area contributed by atoms with Crippen molar-refractivity contribution in [2.24, 2.45) is 0 Å². The molecule has 2 aliphatic carbocycles. The Morgan fingerprint density at radius 3 is 1.40 bits per heavy atom. The van der Waals surface area contributed by atoms with Gasteiger partial charge in [0.25, 0.3) is 29.5 Å². The Balaban J connectivity index is 0.000000135. The fraction of sp³-hybridized carbons (Fsp3) is 0.326. The van der Waals surface area contributed by atoms with Gasteiger partial charge in [-0.1, -0.05) is 30.3 Å². The Morgan fingerprint density at radius 2 is 0.959 bits per heavy atom. The third kappa shape index (κ3) is 18.0. The molecule has 121 heavy (non-hydrogen) atoms. The average molecular weight is 1640 g/mol. The lowest BCUT2D eigenvalue weighted by Crippen LogP contribution is -2.48. The molecule has 0 radical (unpaired) electrons. The molecule has 32 nitrogen and oxygen atoms in total. The minimum Gasteiger partial charge on any atom is -0.495 e. The Morgan fingerprint density at radius 1 is 0.529 bits per heavy atom. The lowest BCUT2D eigenvalue weighted by molar-refractivity contribution is -0.0114. The summed E-state index contributed by atoms with van der Waals surface area (Å²) in [6.45, 7) is 12.9. The van der Waals surface area contributed by atoms with Gasteiger partial charge in [-0.2, -0.15) is 29.9 Å². The number of rotatable bonds is 24. The molecule has 2 saturated carbocycles. The largest absolute Gasteiger partial charge is 0.495 e. The first-order valence-corrected chi connectivity index (χ1v) is 40.3. The van der Waals surface area contributed by atoms with Crippen LogP contribution in [0.5, 0.6) is 34.9 Å². The average Bonchev–Trinajstić information content (AvgIpc) is 1.65. The van der Waals surface area contributed by atoms with Crippen LogP contribution in [-0.2, 0) is 4.74 Å². The number of nitrogens with one attached hydrogen (secondary N) is 9. The number of aliphatic hydroxyl groups is 1. The van der Waals surface area contributed by atoms with E-state index in [1.54, 1.807) is 106 Å². The minimum absolute atomic E-state index is 0.000127. The molecule has 624 valence electrons. The number of aromatic nitrogens is 10. The van der Waals surface area contributed by atoms with Gasteiger partial charge in [0.15, 0.2) is 11.5 Å². The van der Waals surface area contributed by atoms with Crippen molar-refractivity contribution in [1.29, 1.82) is 0 Å². The molecule has 5 aliphatic rings. The van der Waals surface area contributed by atoms with E-state index in [0.29, 0.717) is 159 Å². The maximum atomic E-state index is 12.7. The smallest absolute Gasteiger partial charge is 0.254 e. The van der Waals surface area contributed by atoms with E-state index in [-0.39, 0.29) is 59.9 Å². The Hall–Kier alpha value is -13.9. The summed E-state index contributed by atoms with van der Waals surface area (Å²) < 4.78 is 46.8. The van der Waals surface area contributed by atoms with Gasteiger partial charge < -0.3 is 99.3 Å². The number of amides is 5. The standard InChI is InChI=1S/C31H34N6O5.C30H30N6O4.C28H30N6O5/c1-31(40)12-10-21(11-13-31)42-28-25-22(18-4-6-19(7-5-18)27(38)32-2)17-33-26(25)35-30(36-28)34-23-9-8-20(16-24(23)41-3)29(39)37-14-15-37;1-16-15-36(16)29(37)19-9-11-22(24(13-19)38-3)33-30-34-27-26(28(35-30)40-20-6-4-5-7-20)21(14-31-27)18-8-10-23-25(12-18)39-17(2)32-23;1-15(2)39-27-23-20(16-5-7-17(8-6-16)25(35)29-3)12-30-24(23)33-28(34-27)32-21-10-9-18(11-22(21)37-4)26(36)31-19-13-38-14-19/h4-9,16-17,21,40H,10-15H2,1-3H3,(H,32,38)(H2,33,34,35,36);8-14,16,20H,4-7,15H2,1-3H3,(H2,31,33,34,35);5-12,15,19H,13-14H2,1-4H3,(H,29,35)(H,31,36)(H2,30,32,33,34)/t;16-,36?;/m.1./s1. The van der Waals surface area contributed by atoms with Gasteiger partial charge in [-0.05, 0) is 187 Å². The maximum absolute atomic E-state index is 12.7. The van der Waals surface area contributed by atoms with Crippen molar-refractivity contribution in [2.75, 3.05) is 84.2 Å². The topological polar surface area (TPSA) is 399 Å². The summed E-state index contributed by atoms with van der Waals surface area (Å²) >= 11 is 0. The van der Waals surface area contributed by atoms with Gasteiger partial charge in [0.2, 0.25) is 35.5 Å². The van der Waals surface area contributed by atoms with Gasteiger partial charge in [-0.15, -0.1) is 0 Å². The SMILES string of the molecule is CNC(=O)c1ccc(-c2c[nH]c3nc(Nc4ccc(C(=O)N5CC5)cc4OC)nc(OC4CCC(C)(O)CC4)c23)cc1.CNC(=O)c1ccc(-c2c[nH]c3nc(Nc4ccc(C(=O)NC5COC5)cc4OC)nc(OC(C)C)c23)cc1.COc1cc(C(=O)N2C[C@H]2C)ccc1Nc1nc(OC2CCCC2)c2c(-c3ccc4nc(C)oc4c3)c[nH]c2n1. The third-order valence-electron chi connectivity index (χ3n) is 21.8. The second kappa shape index (κ2) is 34.6. The van der Waals surface area contributed by atoms with Gasteiger partial charge >= 0.3 is 0 Å². The first-order valence-electron chi connectivity index (χ1n) is 40.3. The highest BCUT2D eigenvalue weighted by atomic mass is 16.5. The first-order chi connectivity index (χ1) is 58.6. The summed E-state index contributed by atoms with van der Waals surface area (Å²) in [4.78, 5) is 108. The molecule has 0 bridgehead atoms. The molecule has 1 atom stereocenters. The Labute approximate surface area is 695 Å². The molecule has 10 N–H and O–H groups in total. The van der Waals surface area contributed by atoms with E-state index in [0.717, 1.165) is 106 Å². The predicted molar refractivity (Wildman–Crippen MR) is 457 cm³/mol. The molecule has 3 aliphatic heterocycles. The highest BCUT2D eigenvalue weighted by Gasteiger charge is 2.36. The number of hydrogen-bond acceptors (Lipinski definition) is 24. The van der Waals surface area contributed by atoms with Crippen molar-refractivity contribution in [1.82, 2.24) is 75.6 Å². The molecule has 13 aromatic rings. The number of ether oxygens (including phenoxy) is 7. The second-order valence-corrected chi connectivity index (χ2v) is 31.0. The number of methoxy groups -OCH3 is 3. The number of H-pyrrole nitrogens is 3. The zero-order valence-corrected chi connectivity index (χ0v) is 68.6. The number of carbonyl (C=O) groups excluding carboxylic acids is 5. The lowest BCUT2D eigenvalue weighted by atomic mass is 9.85. The minimum atomic E-state index is -0.694. The van der Waals surface area contributed by atoms with Crippen LogP contribution >= 0.6 is 0 Å². The summed E-state index contributed by atoms with van der Waals surface area (Å²) in [5.41, 5.74) is 12.6. The molecule has 0 spiro atoms. The van der Waals surface area contributed by atoms with E-state index in [2.05, 4.69) is 61.8 Å². The summed E-state index contributed by atoms with van der Waals surface area (Å²) in [7, 11) is 7.86. The van der Waals surface area contributed by atoms with Crippen LogP contribution in [0.15, 0.2) is 144 Å². The van der Waals surface area contributed by atoms with E-state index in [4.69, 9.17) is 57.5 Å². The number of aryl methyl sites for hydroxylation is 1. The molecule has 5 amide bonds. The molecule has 5 fully saturated rings. The summed E-state index contributed by atoms with van der Waals surface area (Å²) in [5.74, 6) is 3.88. The van der Waals surface area contributed by atoms with Crippen molar-refractivity contribution < 1.29 is 66.7 Å². The molecular formula is C89H94N18O14. The number of carbonyl (C=O) groups is 5. The van der Waals surface area contributed by atoms with Gasteiger partial charge in [-0.3, -0.25) is 24.0 Å². The fourth-order valence-electron chi connectivity index (χ4n) is 14.9. The quantitative estimate of drug-likeness (QED) is 0.0251. The third-order valence-corrected chi connectivity index (χ3v) is 21.8. The second-order valence-electron chi connectivity index (χ2n) is 31.0. The molecule has 18 rings (SSSR count). The molecule has 32 heteroatoms. The van der Waals surface area contributed by atoms with Crippen LogP contribution < -0.4 is 60.3 Å². The number of aromatic amines is 3. The van der Waals surface area contributed by atoms with Crippen molar-refractivity contribution >= 4 is 109 Å². The molecular weight excluding hydrogens is 1550 g/mol. The number of anilines is 6. The van der Waals surface area contributed by atoms with E-state index in [1.165, 1.54) is 7.11 Å². The highest BCUT2D eigenvalue weighted by molar-refractivity contribution is 6.04. The van der Waals surface area contributed by atoms with Crippen LogP contribution in [0.25, 0.3) is 77.6 Å². The van der Waals surface area contributed by atoms with Crippen LogP contribution in [-0.4, -0.2) is 199 Å². The van der Waals surface area contributed by atoms with E-state index in [1.807, 2.05) is 107 Å². The zero-order chi connectivity index (χ0) is 84.3. The Bertz CT molecular complexity index is 6060. The van der Waals surface area contributed by atoms with Gasteiger partial charge in [0.1, 0.15) is 51.9 Å². The van der Waals surface area contributed by atoms with Crippen LogP contribution in [0.3, 0.4) is 0 Å². The van der Waals surface area contributed by atoms with Crippen molar-refractivity contribution in [3.8, 4) is 68.3 Å². The van der Waals surface area contributed by atoms with Crippen molar-refractivity contribution in [3.63, 3.8) is 0 Å². The maximum Gasteiger partial charge on any atom is 0.254 e. The number of benzene rings is 6. The number of fused-ring (bicyclic) bond motifs is 4. The van der Waals surface area contributed by atoms with Gasteiger partial charge in [0.05, 0.1) is 85.5 Å². The molecule has 3 saturated heterocycles. The summed E-state index contributed by atoms with van der Waals surface area (Å²) in [6.07, 6.45) is 12.4. The summed E-state index contributed by atoms with van der Waals surface area (Å²) in [5, 5.41) is 30.6. The van der Waals surface area contributed by atoms with Gasteiger partial charge in [-0.25, -0.2) is 4.98 Å².